The molecule has 0 amide bonds. The Kier molecular flexibility index (Phi) is 4.01. The molecule has 18 heavy (non-hydrogen) atoms. The number of carboxylic acids is 1. The van der Waals surface area contributed by atoms with Gasteiger partial charge in [0.1, 0.15) is 0 Å². The van der Waals surface area contributed by atoms with Crippen LogP contribution < -0.4 is 0 Å². The number of aryl methyl sites for hydroxylation is 2. The molecule has 5 heteroatoms. The van der Waals surface area contributed by atoms with Crippen molar-refractivity contribution >= 4 is 5.97 Å². The Morgan fingerprint density at radius 1 is 1.50 bits per heavy atom. The molecule has 1 aliphatic heterocycles. The lowest BCUT2D eigenvalue weighted by Gasteiger charge is -2.29. The lowest BCUT2D eigenvalue weighted by Crippen LogP contribution is -2.35. The van der Waals surface area contributed by atoms with Crippen molar-refractivity contribution in [1.82, 2.24) is 14.7 Å². The molecule has 0 aliphatic carbocycles. The molecule has 1 N–H and O–H groups in total. The van der Waals surface area contributed by atoms with Gasteiger partial charge in [0.2, 0.25) is 0 Å². The van der Waals surface area contributed by atoms with Gasteiger partial charge in [-0.3, -0.25) is 14.4 Å². The van der Waals surface area contributed by atoms with Gasteiger partial charge in [0, 0.05) is 25.4 Å². The lowest BCUT2D eigenvalue weighted by atomic mass is 9.97. The van der Waals surface area contributed by atoms with Crippen LogP contribution in [0.5, 0.6) is 0 Å². The third kappa shape index (κ3) is 2.90. The van der Waals surface area contributed by atoms with Crippen LogP contribution in [-0.4, -0.2) is 38.8 Å². The fourth-order valence-corrected chi connectivity index (χ4v) is 2.59. The van der Waals surface area contributed by atoms with Gasteiger partial charge in [0.15, 0.2) is 0 Å². The molecule has 1 aromatic heterocycles. The van der Waals surface area contributed by atoms with Gasteiger partial charge in [-0.05, 0) is 32.4 Å². The maximum Gasteiger partial charge on any atom is 0.306 e. The van der Waals surface area contributed by atoms with E-state index in [-0.39, 0.29) is 5.92 Å². The fourth-order valence-electron chi connectivity index (χ4n) is 2.59. The summed E-state index contributed by atoms with van der Waals surface area (Å²) < 4.78 is 1.86. The number of piperidine rings is 1. The van der Waals surface area contributed by atoms with Crippen molar-refractivity contribution in [2.45, 2.75) is 32.7 Å². The highest BCUT2D eigenvalue weighted by Crippen LogP contribution is 2.20. The average molecular weight is 251 g/mol. The maximum absolute atomic E-state index is 10.9. The molecule has 2 rings (SSSR count). The van der Waals surface area contributed by atoms with Gasteiger partial charge in [0.05, 0.1) is 11.6 Å². The summed E-state index contributed by atoms with van der Waals surface area (Å²) in [5.74, 6) is -0.800. The van der Waals surface area contributed by atoms with Gasteiger partial charge in [-0.2, -0.15) is 5.10 Å². The second-order valence-corrected chi connectivity index (χ2v) is 5.02. The number of carboxylic acid groups (broad SMARTS) is 1. The van der Waals surface area contributed by atoms with Crippen molar-refractivity contribution in [3.05, 3.63) is 17.5 Å². The van der Waals surface area contributed by atoms with E-state index in [9.17, 15) is 4.79 Å². The SMILES string of the molecule is CCc1nn(C)cc1CN1CCC(C(=O)O)CC1. The van der Waals surface area contributed by atoms with Crippen LogP contribution in [0.15, 0.2) is 6.20 Å². The number of rotatable bonds is 4. The van der Waals surface area contributed by atoms with Crippen LogP contribution in [0, 0.1) is 5.92 Å². The number of aromatic nitrogens is 2. The monoisotopic (exact) mass is 251 g/mol. The molecule has 1 fully saturated rings. The molecule has 1 saturated heterocycles. The largest absolute Gasteiger partial charge is 0.481 e. The van der Waals surface area contributed by atoms with Crippen LogP contribution in [0.4, 0.5) is 0 Å². The van der Waals surface area contributed by atoms with Gasteiger partial charge in [-0.15, -0.1) is 0 Å². The number of likely N-dealkylation sites (tertiary alicyclic amines) is 1. The first-order valence-corrected chi connectivity index (χ1v) is 6.56. The molecule has 0 unspecified atom stereocenters. The van der Waals surface area contributed by atoms with Crippen LogP contribution in [0.1, 0.15) is 31.0 Å². The summed E-state index contributed by atoms with van der Waals surface area (Å²) in [6.07, 6.45) is 4.54. The van der Waals surface area contributed by atoms with Gasteiger partial charge in [0.25, 0.3) is 0 Å². The van der Waals surface area contributed by atoms with E-state index in [0.29, 0.717) is 0 Å². The molecule has 0 saturated carbocycles. The third-order valence-corrected chi connectivity index (χ3v) is 3.66. The molecule has 2 heterocycles. The van der Waals surface area contributed by atoms with Crippen LogP contribution in [0.3, 0.4) is 0 Å². The minimum Gasteiger partial charge on any atom is -0.481 e. The number of nitrogens with zero attached hydrogens (tertiary/aromatic N) is 3. The summed E-state index contributed by atoms with van der Waals surface area (Å²) in [6, 6.07) is 0. The zero-order chi connectivity index (χ0) is 13.1. The summed E-state index contributed by atoms with van der Waals surface area (Å²) in [5.41, 5.74) is 2.42. The van der Waals surface area contributed by atoms with E-state index in [1.54, 1.807) is 0 Å². The molecule has 5 nitrogen and oxygen atoms in total. The van der Waals surface area contributed by atoms with E-state index in [4.69, 9.17) is 5.11 Å². The molecule has 0 radical (unpaired) electrons. The van der Waals surface area contributed by atoms with Crippen LogP contribution in [0.2, 0.25) is 0 Å². The molecule has 100 valence electrons. The molecule has 0 aromatic carbocycles. The molecular formula is C13H21N3O2. The van der Waals surface area contributed by atoms with E-state index in [2.05, 4.69) is 23.1 Å². The Balaban J connectivity index is 1.93. The Labute approximate surface area is 107 Å². The Bertz CT molecular complexity index is 420. The number of hydrogen-bond donors (Lipinski definition) is 1. The molecule has 0 atom stereocenters. The smallest absolute Gasteiger partial charge is 0.306 e. The first-order valence-electron chi connectivity index (χ1n) is 6.56. The maximum atomic E-state index is 10.9. The van der Waals surface area contributed by atoms with Gasteiger partial charge in [-0.25, -0.2) is 0 Å². The van der Waals surface area contributed by atoms with Gasteiger partial charge >= 0.3 is 5.97 Å². The summed E-state index contributed by atoms with van der Waals surface area (Å²) in [6.45, 7) is 4.75. The fraction of sp³-hybridized carbons (Fsp3) is 0.692. The zero-order valence-corrected chi connectivity index (χ0v) is 11.1. The first-order chi connectivity index (χ1) is 8.60. The Morgan fingerprint density at radius 2 is 2.17 bits per heavy atom. The van der Waals surface area contributed by atoms with Crippen molar-refractivity contribution in [3.63, 3.8) is 0 Å². The molecular weight excluding hydrogens is 230 g/mol. The number of carbonyl (C=O) groups is 1. The number of aliphatic carboxylic acids is 1. The van der Waals surface area contributed by atoms with Gasteiger partial charge in [-0.1, -0.05) is 6.92 Å². The molecule has 0 bridgehead atoms. The van der Waals surface area contributed by atoms with Crippen molar-refractivity contribution in [2.75, 3.05) is 13.1 Å². The zero-order valence-electron chi connectivity index (χ0n) is 11.1. The normalized spacial score (nSPS) is 18.1. The minimum absolute atomic E-state index is 0.152. The van der Waals surface area contributed by atoms with Gasteiger partial charge < -0.3 is 5.11 Å². The quantitative estimate of drug-likeness (QED) is 0.875. The highest BCUT2D eigenvalue weighted by molar-refractivity contribution is 5.70. The summed E-state index contributed by atoms with van der Waals surface area (Å²) in [5, 5.41) is 13.4. The minimum atomic E-state index is -0.648. The van der Waals surface area contributed by atoms with E-state index in [1.165, 1.54) is 5.56 Å². The predicted molar refractivity (Wildman–Crippen MR) is 68.2 cm³/mol. The van der Waals surface area contributed by atoms with E-state index >= 15 is 0 Å². The van der Waals surface area contributed by atoms with Crippen molar-refractivity contribution in [2.24, 2.45) is 13.0 Å². The second-order valence-electron chi connectivity index (χ2n) is 5.02. The Hall–Kier alpha value is -1.36. The molecule has 0 spiro atoms. The highest BCUT2D eigenvalue weighted by Gasteiger charge is 2.24. The third-order valence-electron chi connectivity index (χ3n) is 3.66. The van der Waals surface area contributed by atoms with E-state index in [1.807, 2.05) is 11.7 Å². The summed E-state index contributed by atoms with van der Waals surface area (Å²) >= 11 is 0. The second kappa shape index (κ2) is 5.52. The molecule has 1 aliphatic rings. The van der Waals surface area contributed by atoms with Crippen molar-refractivity contribution in [3.8, 4) is 0 Å². The van der Waals surface area contributed by atoms with E-state index in [0.717, 1.165) is 44.6 Å². The van der Waals surface area contributed by atoms with Crippen molar-refractivity contribution in [1.29, 1.82) is 0 Å². The highest BCUT2D eigenvalue weighted by atomic mass is 16.4. The topological polar surface area (TPSA) is 58.4 Å². The predicted octanol–water partition coefficient (Wildman–Crippen LogP) is 1.28. The molecule has 1 aromatic rings. The van der Waals surface area contributed by atoms with Crippen LogP contribution >= 0.6 is 0 Å². The first kappa shape index (κ1) is 13.1. The summed E-state index contributed by atoms with van der Waals surface area (Å²) in [4.78, 5) is 13.2. The lowest BCUT2D eigenvalue weighted by molar-refractivity contribution is -0.143. The van der Waals surface area contributed by atoms with Crippen LogP contribution in [0.25, 0.3) is 0 Å². The standard InChI is InChI=1S/C13H21N3O2/c1-3-12-11(8-15(2)14-12)9-16-6-4-10(5-7-16)13(17)18/h8,10H,3-7,9H2,1-2H3,(H,17,18). The average Bonchev–Trinajstić information content (AvgIpc) is 2.70. The Morgan fingerprint density at radius 3 is 2.72 bits per heavy atom. The summed E-state index contributed by atoms with van der Waals surface area (Å²) in [7, 11) is 1.94. The van der Waals surface area contributed by atoms with Crippen molar-refractivity contribution < 1.29 is 9.90 Å². The number of hydrogen-bond acceptors (Lipinski definition) is 3. The van der Waals surface area contributed by atoms with Crippen LogP contribution in [-0.2, 0) is 24.8 Å². The van der Waals surface area contributed by atoms with E-state index < -0.39 is 5.97 Å².